The molecule has 0 bridgehead atoms. The Labute approximate surface area is 709 Å². The first-order valence-electron chi connectivity index (χ1n) is 41.3. The molecule has 0 radical (unpaired) electrons. The number of fused-ring (bicyclic) bond motifs is 2. The number of amides is 9. The molecule has 33 heteroatoms. The molecule has 8 rings (SSSR count). The molecule has 19 atom stereocenters. The van der Waals surface area contributed by atoms with Crippen molar-refractivity contribution in [2.24, 2.45) is 29.4 Å². The fourth-order valence-corrected chi connectivity index (χ4v) is 15.8. The minimum absolute atomic E-state index is 0. The van der Waals surface area contributed by atoms with E-state index in [9.17, 15) is 103 Å². The van der Waals surface area contributed by atoms with Crippen LogP contribution in [0.15, 0.2) is 121 Å². The van der Waals surface area contributed by atoms with Crippen LogP contribution in [0.4, 0.5) is 5.69 Å². The maximum Gasteiger partial charge on any atom is 0.251 e. The summed E-state index contributed by atoms with van der Waals surface area (Å²) in [6, 6.07) is 21.0. The number of benzene rings is 5. The normalized spacial score (nSPS) is 23.4. The van der Waals surface area contributed by atoms with Crippen LogP contribution in [0.1, 0.15) is 160 Å². The number of nitrogens with zero attached hydrogens (tertiary/aromatic N) is 2. The molecular formula is C88H120N10O22S. The third kappa shape index (κ3) is 27.0. The van der Waals surface area contributed by atoms with E-state index >= 15 is 0 Å². The molecule has 5 aromatic carbocycles. The molecule has 18 N–H and O–H groups in total. The molecule has 0 unspecified atom stereocenters. The van der Waals surface area contributed by atoms with Crippen molar-refractivity contribution in [2.45, 2.75) is 235 Å². The summed E-state index contributed by atoms with van der Waals surface area (Å²) < 4.78 is 5.87. The molecule has 5 aromatic rings. The second kappa shape index (κ2) is 46.3. The summed E-state index contributed by atoms with van der Waals surface area (Å²) in [6.45, 7) is 9.09. The average Bonchev–Trinajstić information content (AvgIpc) is 1.64. The van der Waals surface area contributed by atoms with Crippen LogP contribution in [0.2, 0.25) is 0 Å². The van der Waals surface area contributed by atoms with Crippen molar-refractivity contribution in [1.82, 2.24) is 41.7 Å². The van der Waals surface area contributed by atoms with Crippen LogP contribution in [0.5, 0.6) is 11.5 Å². The van der Waals surface area contributed by atoms with Crippen molar-refractivity contribution in [2.75, 3.05) is 37.0 Å². The summed E-state index contributed by atoms with van der Waals surface area (Å²) in [5, 5.41) is 121. The highest BCUT2D eigenvalue weighted by Crippen LogP contribution is 2.35. The van der Waals surface area contributed by atoms with Crippen LogP contribution < -0.4 is 47.7 Å². The summed E-state index contributed by atoms with van der Waals surface area (Å²) in [4.78, 5) is 171. The number of aliphatic hydroxyl groups excluding tert-OH is 8. The monoisotopic (exact) mass is 1700 g/mol. The molecule has 0 aromatic heterocycles. The maximum absolute atomic E-state index is 15.0. The maximum atomic E-state index is 15.0. The highest BCUT2D eigenvalue weighted by Gasteiger charge is 2.51. The third-order valence-electron chi connectivity index (χ3n) is 22.3. The summed E-state index contributed by atoms with van der Waals surface area (Å²) in [7, 11) is 0. The number of carbonyl (C=O) groups is 12. The Kier molecular flexibility index (Phi) is 36.8. The lowest BCUT2D eigenvalue weighted by Crippen LogP contribution is -2.61. The van der Waals surface area contributed by atoms with Crippen molar-refractivity contribution in [3.8, 4) is 33.8 Å². The molecule has 9 amide bonds. The number of ketones is 3. The zero-order valence-electron chi connectivity index (χ0n) is 69.3. The van der Waals surface area contributed by atoms with E-state index in [0.717, 1.165) is 89.1 Å². The SMILES string of the molecule is CCCCCOc1ccc(-c2ccc(-c3ccc(C(=O)N[C@H]4C[C@@H](O)[C@@H](O)NC(=O)[C@@H]5[C@@H](O)[C@@H](C)CN5C(=O)[C@H]([C@@H](C)O)NC(=O)[C@H]([C@H](O)[C@@H](O)c5ccc(O)c(NC(=O)[C@@H](N)CCCCCC(=O)[C@H](Cc6ccccc6)NC(=O)[C@@H](CC(=O)[C@H](CCSC)NC=O)CC(C)C)c5)CC(=O)[C@@H]5C[C@@H](O)CN5C(=O)[C@H]([C@@H](C)O)NC4=O)cc3)cc2)cc1.[HH]. The van der Waals surface area contributed by atoms with E-state index in [-0.39, 0.29) is 61.4 Å². The number of aromatic hydroxyl groups is 1. The van der Waals surface area contributed by atoms with E-state index in [1.165, 1.54) is 30.8 Å². The number of nitrogens with one attached hydrogen (secondary N) is 7. The summed E-state index contributed by atoms with van der Waals surface area (Å²) in [5.74, 6) is -13.5. The van der Waals surface area contributed by atoms with Gasteiger partial charge in [0, 0.05) is 64.0 Å². The number of thioether (sulfide) groups is 1. The molecule has 3 fully saturated rings. The second-order valence-electron chi connectivity index (χ2n) is 32.3. The van der Waals surface area contributed by atoms with Gasteiger partial charge in [-0.1, -0.05) is 138 Å². The lowest BCUT2D eigenvalue weighted by atomic mass is 9.86. The zero-order valence-corrected chi connectivity index (χ0v) is 70.1. The van der Waals surface area contributed by atoms with Crippen LogP contribution in [0.3, 0.4) is 0 Å². The number of hydrogen-bond donors (Lipinski definition) is 17. The molecule has 0 spiro atoms. The second-order valence-corrected chi connectivity index (χ2v) is 33.3. The Hall–Kier alpha value is -10.1. The summed E-state index contributed by atoms with van der Waals surface area (Å²) >= 11 is 1.51. The van der Waals surface area contributed by atoms with Crippen LogP contribution >= 0.6 is 11.8 Å². The molecule has 3 heterocycles. The van der Waals surface area contributed by atoms with E-state index < -0.39 is 206 Å². The van der Waals surface area contributed by atoms with Crippen molar-refractivity contribution in [1.29, 1.82) is 0 Å². The van der Waals surface area contributed by atoms with Crippen molar-refractivity contribution in [3.05, 3.63) is 138 Å². The van der Waals surface area contributed by atoms with Gasteiger partial charge in [0.2, 0.25) is 47.8 Å². The number of anilines is 1. The van der Waals surface area contributed by atoms with Crippen LogP contribution in [0.25, 0.3) is 22.3 Å². The number of nitrogens with two attached hydrogens (primary N) is 1. The van der Waals surface area contributed by atoms with Gasteiger partial charge in [-0.15, -0.1) is 0 Å². The zero-order chi connectivity index (χ0) is 88.5. The third-order valence-corrected chi connectivity index (χ3v) is 23.0. The largest absolute Gasteiger partial charge is 0.506 e. The number of phenolic OH excluding ortho intramolecular Hbond substituents is 1. The Morgan fingerprint density at radius 3 is 1.90 bits per heavy atom. The molecule has 0 aliphatic carbocycles. The van der Waals surface area contributed by atoms with E-state index in [0.29, 0.717) is 56.4 Å². The van der Waals surface area contributed by atoms with Crippen LogP contribution in [-0.2, 0) is 59.2 Å². The predicted molar refractivity (Wildman–Crippen MR) is 452 cm³/mol. The summed E-state index contributed by atoms with van der Waals surface area (Å²) in [6.07, 6.45) is -11.5. The van der Waals surface area contributed by atoms with Crippen molar-refractivity contribution in [3.63, 3.8) is 0 Å². The number of rotatable bonds is 37. The van der Waals surface area contributed by atoms with Gasteiger partial charge in [0.05, 0.1) is 72.9 Å². The van der Waals surface area contributed by atoms with Crippen LogP contribution in [0, 0.1) is 23.7 Å². The van der Waals surface area contributed by atoms with Gasteiger partial charge < -0.3 is 103 Å². The molecule has 0 saturated carbocycles. The van der Waals surface area contributed by atoms with Gasteiger partial charge in [-0.2, -0.15) is 11.8 Å². The molecule has 3 aliphatic rings. The number of Topliss-reactive ketones (excluding diaryl/α,β-unsaturated/α-hetero) is 3. The smallest absolute Gasteiger partial charge is 0.251 e. The topological polar surface area (TPSA) is 513 Å². The first-order chi connectivity index (χ1) is 57.6. The number of phenols is 1. The van der Waals surface area contributed by atoms with Gasteiger partial charge in [0.1, 0.15) is 47.9 Å². The first kappa shape index (κ1) is 96.4. The Morgan fingerprint density at radius 1 is 0.686 bits per heavy atom. The minimum Gasteiger partial charge on any atom is -0.506 e. The quantitative estimate of drug-likeness (QED) is 0.0154. The number of unbranched alkanes of at least 4 members (excludes halogenated alkanes) is 4. The Bertz CT molecular complexity index is 4340. The van der Waals surface area contributed by atoms with Crippen molar-refractivity contribution >= 4 is 88.5 Å². The van der Waals surface area contributed by atoms with E-state index in [4.69, 9.17) is 10.5 Å². The molecule has 32 nitrogen and oxygen atoms in total. The minimum atomic E-state index is -2.43. The lowest BCUT2D eigenvalue weighted by molar-refractivity contribution is -0.149. The van der Waals surface area contributed by atoms with E-state index in [1.807, 2.05) is 86.8 Å². The van der Waals surface area contributed by atoms with Crippen LogP contribution in [-0.4, -0.2) is 250 Å². The average molecular weight is 1700 g/mol. The molecule has 660 valence electrons. The van der Waals surface area contributed by atoms with Gasteiger partial charge in [-0.3, -0.25) is 57.5 Å². The highest BCUT2D eigenvalue weighted by molar-refractivity contribution is 7.98. The van der Waals surface area contributed by atoms with E-state index in [1.54, 1.807) is 24.3 Å². The fraction of sp³-hybridized carbons (Fsp3) is 0.523. The Morgan fingerprint density at radius 2 is 1.30 bits per heavy atom. The fourth-order valence-electron chi connectivity index (χ4n) is 15.3. The number of aliphatic hydroxyl groups is 8. The summed E-state index contributed by atoms with van der Waals surface area (Å²) in [5.41, 5.74) is 9.80. The predicted octanol–water partition coefficient (Wildman–Crippen LogP) is 3.41. The molecule has 3 saturated heterocycles. The number of hydrogen-bond acceptors (Lipinski definition) is 24. The van der Waals surface area contributed by atoms with Gasteiger partial charge in [0.15, 0.2) is 23.6 Å². The first-order valence-corrected chi connectivity index (χ1v) is 42.7. The Balaban J connectivity index is 0.0000205. The van der Waals surface area contributed by atoms with Gasteiger partial charge in [0.25, 0.3) is 5.91 Å². The molecule has 121 heavy (non-hydrogen) atoms. The highest BCUT2D eigenvalue weighted by atomic mass is 32.2. The molecule has 3 aliphatic heterocycles. The van der Waals surface area contributed by atoms with Gasteiger partial charge in [-0.05, 0) is 140 Å². The number of carbonyl (C=O) groups excluding carboxylic acids is 12. The van der Waals surface area contributed by atoms with Crippen molar-refractivity contribution < 1.29 is 110 Å². The van der Waals surface area contributed by atoms with Gasteiger partial charge >= 0.3 is 0 Å². The molecular weight excluding hydrogens is 1580 g/mol. The van der Waals surface area contributed by atoms with E-state index in [2.05, 4.69) is 44.1 Å². The standard InChI is InChI=1S/C88H118N10O22S.H2/c1-8-9-16-36-120-61-32-29-56(30-33-61)54-23-21-53(22-24-54)55-25-27-57(28-26-55)80(111)93-67-44-73(107)85(116)96-86(117)76-77(108)49(4)45-98(76)88(119)75(51(6)101)94-82(113)62(43-72(106)68-42-60(102)46-97(68)87(118)74(50(5)100)95-84(67)115)79(110)78(109)58-31-34-70(104)66(40-58)92-83(114)63(89)19-14-11-15-20-69(103)65(39-52-17-12-10-13-18-52)91-81(112)59(38-48(2)3)41-71(105)64(90-47-99)35-37-121-7;/h10,12-13,17-18,21-34,40,47-51,59-60,62-65,67-68,73-79,85,100-102,104,107-110,116H,8-9,11,14-16,19-20,35-39,41-46,89H2,1-7H3,(H,90,99)(H,91,112)(H,92,114)(H,93,111)(H,94,113)(H,95,115)(H,96,117);1H/t49-,50+,51+,59+,60+,62-,63-,64-,65-,67-,68-,73+,74-,75-,76-,77-,78-,79-,85+;/m0./s1. The van der Waals surface area contributed by atoms with Gasteiger partial charge in [-0.25, -0.2) is 0 Å². The number of ether oxygens (including phenoxy) is 1. The lowest BCUT2D eigenvalue weighted by Gasteiger charge is -2.33.